The molecule has 0 fully saturated rings. The Hall–Kier alpha value is -0.540. The summed E-state index contributed by atoms with van der Waals surface area (Å²) in [5.74, 6) is 0.288. The fourth-order valence-electron chi connectivity index (χ4n) is 1.12. The van der Waals surface area contributed by atoms with E-state index >= 15 is 0 Å². The maximum atomic E-state index is 11.2. The zero-order valence-electron chi connectivity index (χ0n) is 7.81. The lowest BCUT2D eigenvalue weighted by Gasteiger charge is -2.05. The predicted molar refractivity (Wildman–Crippen MR) is 62.8 cm³/mol. The van der Waals surface area contributed by atoms with Gasteiger partial charge in [0.2, 0.25) is 5.91 Å². The van der Waals surface area contributed by atoms with E-state index < -0.39 is 0 Å². The van der Waals surface area contributed by atoms with Crippen molar-refractivity contribution in [1.82, 2.24) is 0 Å². The number of rotatable bonds is 3. The molecule has 0 bridgehead atoms. The molecule has 14 heavy (non-hydrogen) atoms. The number of nitrogens with one attached hydrogen (secondary N) is 1. The average Bonchev–Trinajstić information content (AvgIpc) is 2.01. The molecule has 0 aliphatic heterocycles. The van der Waals surface area contributed by atoms with Crippen molar-refractivity contribution >= 4 is 39.1 Å². The number of carbonyl (C=O) groups excluding carboxylic acids is 1. The maximum Gasteiger partial charge on any atom is 0.225 e. The van der Waals surface area contributed by atoms with Crippen molar-refractivity contribution in [3.05, 3.63) is 28.2 Å². The fraction of sp³-hybridized carbons (Fsp3) is 0.300. The molecule has 0 spiro atoms. The summed E-state index contributed by atoms with van der Waals surface area (Å²) >= 11 is 8.82. The van der Waals surface area contributed by atoms with Gasteiger partial charge in [0, 0.05) is 22.5 Å². The van der Waals surface area contributed by atoms with Crippen LogP contribution in [0.2, 0.25) is 0 Å². The van der Waals surface area contributed by atoms with Crippen LogP contribution in [0.3, 0.4) is 0 Å². The average molecular weight is 277 g/mol. The van der Waals surface area contributed by atoms with E-state index in [1.54, 1.807) is 0 Å². The molecule has 0 atom stereocenters. The van der Waals surface area contributed by atoms with Gasteiger partial charge in [0.1, 0.15) is 0 Å². The van der Waals surface area contributed by atoms with Crippen LogP contribution in [0.25, 0.3) is 0 Å². The molecule has 2 nitrogen and oxygen atoms in total. The largest absolute Gasteiger partial charge is 0.326 e. The highest BCUT2D eigenvalue weighted by Crippen LogP contribution is 2.19. The van der Waals surface area contributed by atoms with Crippen molar-refractivity contribution in [3.63, 3.8) is 0 Å². The molecule has 0 saturated carbocycles. The smallest absolute Gasteiger partial charge is 0.225 e. The number of hydrogen-bond acceptors (Lipinski definition) is 1. The van der Waals surface area contributed by atoms with Crippen LogP contribution in [0.15, 0.2) is 22.7 Å². The van der Waals surface area contributed by atoms with Crippen LogP contribution in [-0.4, -0.2) is 11.8 Å². The molecule has 0 heterocycles. The Balaban J connectivity index is 2.71. The van der Waals surface area contributed by atoms with Gasteiger partial charge in [-0.1, -0.05) is 15.9 Å². The third-order valence-electron chi connectivity index (χ3n) is 1.65. The topological polar surface area (TPSA) is 29.1 Å². The van der Waals surface area contributed by atoms with Gasteiger partial charge in [-0.15, -0.1) is 11.6 Å². The molecule has 1 amide bonds. The molecule has 0 aliphatic rings. The Kier molecular flexibility index (Phi) is 4.42. The number of alkyl halides is 1. The zero-order valence-corrected chi connectivity index (χ0v) is 10.2. The molecule has 0 unspecified atom stereocenters. The summed E-state index contributed by atoms with van der Waals surface area (Å²) in [6.07, 6.45) is 0.340. The number of anilines is 1. The van der Waals surface area contributed by atoms with Crippen LogP contribution in [0, 0.1) is 6.92 Å². The lowest BCUT2D eigenvalue weighted by molar-refractivity contribution is -0.115. The highest BCUT2D eigenvalue weighted by molar-refractivity contribution is 9.10. The number of halogens is 2. The van der Waals surface area contributed by atoms with Crippen LogP contribution in [0.5, 0.6) is 0 Å². The molecule has 0 radical (unpaired) electrons. The molecule has 1 aromatic carbocycles. The summed E-state index contributed by atoms with van der Waals surface area (Å²) in [4.78, 5) is 11.2. The standard InChI is InChI=1S/C10H11BrClNO/c1-7-4-8(11)6-9(5-7)13-10(14)2-3-12/h4-6H,2-3H2,1H3,(H,13,14). The van der Waals surface area contributed by atoms with Crippen LogP contribution in [0.1, 0.15) is 12.0 Å². The second-order valence-corrected chi connectivity index (χ2v) is 4.30. The third kappa shape index (κ3) is 3.68. The van der Waals surface area contributed by atoms with Crippen molar-refractivity contribution < 1.29 is 4.79 Å². The number of benzene rings is 1. The second kappa shape index (κ2) is 5.37. The molecule has 0 aliphatic carbocycles. The number of hydrogen-bond donors (Lipinski definition) is 1. The minimum absolute atomic E-state index is 0.0579. The zero-order chi connectivity index (χ0) is 10.6. The van der Waals surface area contributed by atoms with Gasteiger partial charge in [-0.2, -0.15) is 0 Å². The van der Waals surface area contributed by atoms with Crippen molar-refractivity contribution in [2.24, 2.45) is 0 Å². The monoisotopic (exact) mass is 275 g/mol. The van der Waals surface area contributed by atoms with Crippen LogP contribution < -0.4 is 5.32 Å². The predicted octanol–water partition coefficient (Wildman–Crippen LogP) is 3.32. The lowest BCUT2D eigenvalue weighted by atomic mass is 10.2. The molecule has 1 rings (SSSR count). The van der Waals surface area contributed by atoms with E-state index in [0.717, 1.165) is 15.7 Å². The van der Waals surface area contributed by atoms with Gasteiger partial charge in [0.25, 0.3) is 0 Å². The summed E-state index contributed by atoms with van der Waals surface area (Å²) in [6, 6.07) is 5.76. The molecular weight excluding hydrogens is 265 g/mol. The summed E-state index contributed by atoms with van der Waals surface area (Å²) in [6.45, 7) is 1.97. The lowest BCUT2D eigenvalue weighted by Crippen LogP contribution is -2.11. The van der Waals surface area contributed by atoms with E-state index in [4.69, 9.17) is 11.6 Å². The van der Waals surface area contributed by atoms with Crippen LogP contribution in [-0.2, 0) is 4.79 Å². The summed E-state index contributed by atoms with van der Waals surface area (Å²) in [7, 11) is 0. The van der Waals surface area contributed by atoms with Gasteiger partial charge in [-0.3, -0.25) is 4.79 Å². The minimum atomic E-state index is -0.0579. The highest BCUT2D eigenvalue weighted by Gasteiger charge is 2.02. The Labute approximate surface area is 96.8 Å². The number of amides is 1. The van der Waals surface area contributed by atoms with E-state index in [2.05, 4.69) is 21.2 Å². The molecule has 0 aromatic heterocycles. The Bertz CT molecular complexity index is 321. The minimum Gasteiger partial charge on any atom is -0.326 e. The van der Waals surface area contributed by atoms with Gasteiger partial charge in [0.15, 0.2) is 0 Å². The Morgan fingerprint density at radius 1 is 1.50 bits per heavy atom. The maximum absolute atomic E-state index is 11.2. The van der Waals surface area contributed by atoms with E-state index in [0.29, 0.717) is 12.3 Å². The number of aryl methyl sites for hydroxylation is 1. The summed E-state index contributed by atoms with van der Waals surface area (Å²) in [5, 5.41) is 2.77. The van der Waals surface area contributed by atoms with E-state index in [1.807, 2.05) is 25.1 Å². The first-order valence-corrected chi connectivity index (χ1v) is 5.57. The van der Waals surface area contributed by atoms with Crippen molar-refractivity contribution in [2.75, 3.05) is 11.2 Å². The summed E-state index contributed by atoms with van der Waals surface area (Å²) in [5.41, 5.74) is 1.90. The normalized spacial score (nSPS) is 9.93. The molecule has 1 aromatic rings. The molecule has 1 N–H and O–H groups in total. The van der Waals surface area contributed by atoms with Crippen LogP contribution in [0.4, 0.5) is 5.69 Å². The Morgan fingerprint density at radius 2 is 2.21 bits per heavy atom. The van der Waals surface area contributed by atoms with E-state index in [1.165, 1.54) is 0 Å². The third-order valence-corrected chi connectivity index (χ3v) is 2.29. The van der Waals surface area contributed by atoms with Crippen molar-refractivity contribution in [1.29, 1.82) is 0 Å². The SMILES string of the molecule is Cc1cc(Br)cc(NC(=O)CCCl)c1. The molecular formula is C10H11BrClNO. The van der Waals surface area contributed by atoms with Gasteiger partial charge in [-0.05, 0) is 30.7 Å². The highest BCUT2D eigenvalue weighted by atomic mass is 79.9. The number of carbonyl (C=O) groups is 1. The van der Waals surface area contributed by atoms with Gasteiger partial charge in [-0.25, -0.2) is 0 Å². The van der Waals surface area contributed by atoms with Gasteiger partial charge >= 0.3 is 0 Å². The van der Waals surface area contributed by atoms with Crippen molar-refractivity contribution in [3.8, 4) is 0 Å². The van der Waals surface area contributed by atoms with E-state index in [9.17, 15) is 4.79 Å². The van der Waals surface area contributed by atoms with Gasteiger partial charge in [0.05, 0.1) is 0 Å². The molecule has 0 saturated heterocycles. The van der Waals surface area contributed by atoms with Gasteiger partial charge < -0.3 is 5.32 Å². The quantitative estimate of drug-likeness (QED) is 0.843. The fourth-order valence-corrected chi connectivity index (χ4v) is 1.90. The molecule has 76 valence electrons. The van der Waals surface area contributed by atoms with Crippen LogP contribution >= 0.6 is 27.5 Å². The first-order valence-electron chi connectivity index (χ1n) is 4.25. The second-order valence-electron chi connectivity index (χ2n) is 3.00. The first kappa shape index (κ1) is 11.5. The summed E-state index contributed by atoms with van der Waals surface area (Å²) < 4.78 is 0.957. The van der Waals surface area contributed by atoms with Crippen molar-refractivity contribution in [2.45, 2.75) is 13.3 Å². The molecule has 4 heteroatoms. The Morgan fingerprint density at radius 3 is 2.79 bits per heavy atom. The first-order chi connectivity index (χ1) is 6.61. The van der Waals surface area contributed by atoms with E-state index in [-0.39, 0.29) is 5.91 Å².